The summed E-state index contributed by atoms with van der Waals surface area (Å²) in [6.45, 7) is 0. The number of nitrogens with zero attached hydrogens (tertiary/aromatic N) is 1. The molecule has 5 nitrogen and oxygen atoms in total. The van der Waals surface area contributed by atoms with E-state index >= 15 is 0 Å². The molecule has 0 aliphatic heterocycles. The number of rotatable bonds is 3. The van der Waals surface area contributed by atoms with Gasteiger partial charge in [0.25, 0.3) is 11.5 Å². The topological polar surface area (TPSA) is 74.8 Å². The number of carbonyl (C=O) groups excluding carboxylic acids is 1. The number of pyridine rings is 2. The number of fused-ring (bicyclic) bond motifs is 1. The van der Waals surface area contributed by atoms with Gasteiger partial charge in [-0.2, -0.15) is 0 Å². The van der Waals surface area contributed by atoms with Crippen LogP contribution in [0.4, 0.5) is 10.1 Å². The van der Waals surface area contributed by atoms with Gasteiger partial charge in [-0.3, -0.25) is 14.6 Å². The Bertz CT molecular complexity index is 1190. The highest BCUT2D eigenvalue weighted by molar-refractivity contribution is 6.05. The molecule has 0 aliphatic carbocycles. The predicted molar refractivity (Wildman–Crippen MR) is 102 cm³/mol. The SMILES string of the molecule is O=C(Nc1ccc(F)cc1)c1cc(-c2cncc3ccccc23)c[nH]c1=O. The van der Waals surface area contributed by atoms with Crippen molar-refractivity contribution in [3.63, 3.8) is 0 Å². The van der Waals surface area contributed by atoms with Crippen LogP contribution in [-0.4, -0.2) is 15.9 Å². The molecule has 0 unspecified atom stereocenters. The maximum atomic E-state index is 13.0. The fraction of sp³-hybridized carbons (Fsp3) is 0. The average molecular weight is 359 g/mol. The van der Waals surface area contributed by atoms with Crippen LogP contribution in [0, 0.1) is 5.82 Å². The smallest absolute Gasteiger partial charge is 0.261 e. The molecule has 0 aliphatic rings. The van der Waals surface area contributed by atoms with E-state index in [9.17, 15) is 14.0 Å². The number of anilines is 1. The van der Waals surface area contributed by atoms with Crippen LogP contribution in [0.3, 0.4) is 0 Å². The lowest BCUT2D eigenvalue weighted by molar-refractivity contribution is 0.102. The molecule has 0 atom stereocenters. The van der Waals surface area contributed by atoms with Crippen molar-refractivity contribution >= 4 is 22.4 Å². The van der Waals surface area contributed by atoms with E-state index in [1.54, 1.807) is 18.6 Å². The molecule has 1 amide bonds. The van der Waals surface area contributed by atoms with Crippen LogP contribution in [-0.2, 0) is 0 Å². The van der Waals surface area contributed by atoms with Gasteiger partial charge < -0.3 is 10.3 Å². The van der Waals surface area contributed by atoms with Gasteiger partial charge >= 0.3 is 0 Å². The first-order valence-electron chi connectivity index (χ1n) is 8.24. The fourth-order valence-corrected chi connectivity index (χ4v) is 2.89. The summed E-state index contributed by atoms with van der Waals surface area (Å²) in [5, 5.41) is 4.52. The molecule has 2 aromatic heterocycles. The second-order valence-corrected chi connectivity index (χ2v) is 6.00. The predicted octanol–water partition coefficient (Wildman–Crippen LogP) is 3.98. The minimum atomic E-state index is -0.571. The van der Waals surface area contributed by atoms with Crippen molar-refractivity contribution in [1.29, 1.82) is 0 Å². The van der Waals surface area contributed by atoms with Crippen LogP contribution < -0.4 is 10.9 Å². The number of nitrogens with one attached hydrogen (secondary N) is 2. The minimum absolute atomic E-state index is 0.0373. The monoisotopic (exact) mass is 359 g/mol. The van der Waals surface area contributed by atoms with E-state index in [0.717, 1.165) is 16.3 Å². The lowest BCUT2D eigenvalue weighted by atomic mass is 10.0. The molecule has 2 N–H and O–H groups in total. The second kappa shape index (κ2) is 6.84. The lowest BCUT2D eigenvalue weighted by Gasteiger charge is -2.08. The summed E-state index contributed by atoms with van der Waals surface area (Å²) in [4.78, 5) is 31.5. The van der Waals surface area contributed by atoms with Gasteiger partial charge in [0.05, 0.1) is 0 Å². The molecule has 0 saturated carbocycles. The summed E-state index contributed by atoms with van der Waals surface area (Å²) in [5.41, 5.74) is 1.33. The molecule has 0 radical (unpaired) electrons. The number of hydrogen-bond acceptors (Lipinski definition) is 3. The molecule has 2 heterocycles. The maximum absolute atomic E-state index is 13.0. The number of aromatic amines is 1. The molecular weight excluding hydrogens is 345 g/mol. The zero-order valence-corrected chi connectivity index (χ0v) is 14.1. The van der Waals surface area contributed by atoms with Gasteiger partial charge in [-0.25, -0.2) is 4.39 Å². The van der Waals surface area contributed by atoms with E-state index in [4.69, 9.17) is 0 Å². The molecule has 0 fully saturated rings. The van der Waals surface area contributed by atoms with Gasteiger partial charge in [-0.1, -0.05) is 24.3 Å². The summed E-state index contributed by atoms with van der Waals surface area (Å²) in [7, 11) is 0. The first-order valence-corrected chi connectivity index (χ1v) is 8.24. The van der Waals surface area contributed by atoms with E-state index in [-0.39, 0.29) is 5.56 Å². The Kier molecular flexibility index (Phi) is 4.22. The van der Waals surface area contributed by atoms with Gasteiger partial charge in [0.2, 0.25) is 0 Å². The zero-order chi connectivity index (χ0) is 18.8. The second-order valence-electron chi connectivity index (χ2n) is 6.00. The van der Waals surface area contributed by atoms with Gasteiger partial charge in [-0.15, -0.1) is 0 Å². The number of H-pyrrole nitrogens is 1. The van der Waals surface area contributed by atoms with Crippen molar-refractivity contribution in [2.24, 2.45) is 0 Å². The average Bonchev–Trinajstić information content (AvgIpc) is 2.69. The van der Waals surface area contributed by atoms with E-state index in [0.29, 0.717) is 11.3 Å². The summed E-state index contributed by atoms with van der Waals surface area (Å²) in [6, 6.07) is 14.6. The Morgan fingerprint density at radius 1 is 1.04 bits per heavy atom. The Morgan fingerprint density at radius 3 is 2.63 bits per heavy atom. The van der Waals surface area contributed by atoms with Crippen molar-refractivity contribution in [2.75, 3.05) is 5.32 Å². The van der Waals surface area contributed by atoms with Crippen LogP contribution in [0.5, 0.6) is 0 Å². The first-order chi connectivity index (χ1) is 13.1. The molecule has 0 saturated heterocycles. The van der Waals surface area contributed by atoms with E-state index in [1.165, 1.54) is 30.3 Å². The summed E-state index contributed by atoms with van der Waals surface area (Å²) in [6.07, 6.45) is 5.00. The molecule has 4 aromatic rings. The van der Waals surface area contributed by atoms with E-state index in [1.807, 2.05) is 24.3 Å². The number of halogens is 1. The lowest BCUT2D eigenvalue weighted by Crippen LogP contribution is -2.23. The van der Waals surface area contributed by atoms with Crippen molar-refractivity contribution in [3.05, 3.63) is 94.9 Å². The third kappa shape index (κ3) is 3.32. The molecule has 27 heavy (non-hydrogen) atoms. The van der Waals surface area contributed by atoms with Crippen molar-refractivity contribution < 1.29 is 9.18 Å². The molecule has 6 heteroatoms. The van der Waals surface area contributed by atoms with Crippen LogP contribution in [0.2, 0.25) is 0 Å². The minimum Gasteiger partial charge on any atom is -0.328 e. The summed E-state index contributed by atoms with van der Waals surface area (Å²) in [5.74, 6) is -0.978. The van der Waals surface area contributed by atoms with Crippen molar-refractivity contribution in [3.8, 4) is 11.1 Å². The molecule has 4 rings (SSSR count). The maximum Gasteiger partial charge on any atom is 0.261 e. The summed E-state index contributed by atoms with van der Waals surface area (Å²) < 4.78 is 13.0. The molecule has 0 spiro atoms. The van der Waals surface area contributed by atoms with Crippen LogP contribution in [0.25, 0.3) is 21.9 Å². The zero-order valence-electron chi connectivity index (χ0n) is 14.1. The standard InChI is InChI=1S/C21H14FN3O2/c22-15-5-7-16(8-6-15)25-21(27)18-9-14(11-24-20(18)26)19-12-23-10-13-3-1-2-4-17(13)19/h1-12H,(H,24,26)(H,25,27). The Labute approximate surface area is 153 Å². The van der Waals surface area contributed by atoms with Gasteiger partial charge in [-0.05, 0) is 35.7 Å². The highest BCUT2D eigenvalue weighted by Crippen LogP contribution is 2.27. The van der Waals surface area contributed by atoms with Crippen LogP contribution in [0.15, 0.2) is 78.0 Å². The Balaban J connectivity index is 1.74. The quantitative estimate of drug-likeness (QED) is 0.581. The molecule has 132 valence electrons. The Morgan fingerprint density at radius 2 is 1.81 bits per heavy atom. The van der Waals surface area contributed by atoms with Gasteiger partial charge in [0.15, 0.2) is 0 Å². The number of amides is 1. The molecule has 2 aromatic carbocycles. The van der Waals surface area contributed by atoms with Gasteiger partial charge in [0, 0.05) is 40.8 Å². The number of aromatic nitrogens is 2. The highest BCUT2D eigenvalue weighted by atomic mass is 19.1. The van der Waals surface area contributed by atoms with E-state index in [2.05, 4.69) is 15.3 Å². The largest absolute Gasteiger partial charge is 0.328 e. The van der Waals surface area contributed by atoms with Crippen LogP contribution in [0.1, 0.15) is 10.4 Å². The first kappa shape index (κ1) is 16.7. The number of benzene rings is 2. The van der Waals surface area contributed by atoms with Crippen LogP contribution >= 0.6 is 0 Å². The highest BCUT2D eigenvalue weighted by Gasteiger charge is 2.14. The Hall–Kier alpha value is -3.80. The molecule has 0 bridgehead atoms. The number of carbonyl (C=O) groups is 1. The van der Waals surface area contributed by atoms with Crippen molar-refractivity contribution in [1.82, 2.24) is 9.97 Å². The third-order valence-electron chi connectivity index (χ3n) is 4.23. The fourth-order valence-electron chi connectivity index (χ4n) is 2.89. The number of hydrogen-bond donors (Lipinski definition) is 2. The normalized spacial score (nSPS) is 10.7. The molecular formula is C21H14FN3O2. The van der Waals surface area contributed by atoms with Crippen molar-refractivity contribution in [2.45, 2.75) is 0 Å². The summed E-state index contributed by atoms with van der Waals surface area (Å²) >= 11 is 0. The van der Waals surface area contributed by atoms with E-state index < -0.39 is 17.3 Å². The van der Waals surface area contributed by atoms with Gasteiger partial charge in [0.1, 0.15) is 11.4 Å². The third-order valence-corrected chi connectivity index (χ3v) is 4.23.